The van der Waals surface area contributed by atoms with Gasteiger partial charge in [0.15, 0.2) is 12.5 Å². The molecule has 0 aromatic heterocycles. The fourth-order valence-corrected chi connectivity index (χ4v) is 2.73. The first-order chi connectivity index (χ1) is 9.91. The van der Waals surface area contributed by atoms with Crippen molar-refractivity contribution in [3.63, 3.8) is 0 Å². The zero-order chi connectivity index (χ0) is 15.8. The smallest absolute Gasteiger partial charge is 0.332 e. The van der Waals surface area contributed by atoms with Gasteiger partial charge >= 0.3 is 11.9 Å². The number of ether oxygens (including phenoxy) is 1. The van der Waals surface area contributed by atoms with Crippen LogP contribution in [0.15, 0.2) is 11.1 Å². The molecule has 0 spiro atoms. The summed E-state index contributed by atoms with van der Waals surface area (Å²) in [6, 6.07) is 0. The zero-order valence-corrected chi connectivity index (χ0v) is 12.5. The van der Waals surface area contributed by atoms with Crippen LogP contribution in [0.5, 0.6) is 0 Å². The van der Waals surface area contributed by atoms with Crippen molar-refractivity contribution in [1.82, 2.24) is 5.32 Å². The molecule has 1 amide bonds. The molecule has 0 radical (unpaired) electrons. The van der Waals surface area contributed by atoms with Gasteiger partial charge in [0.1, 0.15) is 0 Å². The van der Waals surface area contributed by atoms with Crippen LogP contribution in [0.25, 0.3) is 0 Å². The van der Waals surface area contributed by atoms with Gasteiger partial charge in [-0.25, -0.2) is 4.79 Å². The second-order valence-electron chi connectivity index (χ2n) is 4.38. The summed E-state index contributed by atoms with van der Waals surface area (Å²) in [5.41, 5.74) is 0.528. The van der Waals surface area contributed by atoms with E-state index < -0.39 is 11.9 Å². The molecule has 1 aliphatic carbocycles. The molecule has 0 aromatic rings. The van der Waals surface area contributed by atoms with Crippen molar-refractivity contribution in [1.29, 1.82) is 0 Å². The predicted molar refractivity (Wildman–Crippen MR) is 75.6 cm³/mol. The second kappa shape index (κ2) is 8.46. The highest BCUT2D eigenvalue weighted by atomic mass is 32.2. The first-order valence-electron chi connectivity index (χ1n) is 6.38. The maximum absolute atomic E-state index is 11.6. The average Bonchev–Trinajstić information content (AvgIpc) is 2.76. The van der Waals surface area contributed by atoms with Crippen molar-refractivity contribution in [2.45, 2.75) is 26.2 Å². The molecule has 0 aliphatic heterocycles. The summed E-state index contributed by atoms with van der Waals surface area (Å²) in [5.74, 6) is -1.21. The molecule has 7 nitrogen and oxygen atoms in total. The number of rotatable bonds is 8. The minimum absolute atomic E-state index is 0.131. The van der Waals surface area contributed by atoms with Crippen molar-refractivity contribution >= 4 is 35.4 Å². The number of Topliss-reactive ketones (excluding diaryl/α,β-unsaturated/α-hetero) is 1. The minimum Gasteiger partial charge on any atom is -0.478 e. The summed E-state index contributed by atoms with van der Waals surface area (Å²) < 4.78 is 4.75. The SMILES string of the molecule is CC(=O)NCOC(=O)CCSCC1=C(C(=O)O)CCC1=O. The largest absolute Gasteiger partial charge is 0.478 e. The third-order valence-corrected chi connectivity index (χ3v) is 3.80. The molecule has 1 aliphatic rings. The number of nitrogens with one attached hydrogen (secondary N) is 1. The van der Waals surface area contributed by atoms with Crippen LogP contribution in [-0.2, 0) is 23.9 Å². The Bertz CT molecular complexity index is 485. The first-order valence-corrected chi connectivity index (χ1v) is 7.53. The van der Waals surface area contributed by atoms with E-state index in [1.807, 2.05) is 0 Å². The second-order valence-corrected chi connectivity index (χ2v) is 5.49. The first kappa shape index (κ1) is 17.2. The lowest BCUT2D eigenvalue weighted by Gasteiger charge is -2.05. The Hall–Kier alpha value is -1.83. The zero-order valence-electron chi connectivity index (χ0n) is 11.6. The van der Waals surface area contributed by atoms with Crippen LogP contribution in [0.4, 0.5) is 0 Å². The number of carbonyl (C=O) groups is 4. The summed E-state index contributed by atoms with van der Waals surface area (Å²) in [7, 11) is 0. The van der Waals surface area contributed by atoms with Gasteiger partial charge in [-0.05, 0) is 6.42 Å². The highest BCUT2D eigenvalue weighted by Gasteiger charge is 2.26. The molecule has 0 heterocycles. The van der Waals surface area contributed by atoms with Gasteiger partial charge in [-0.2, -0.15) is 11.8 Å². The van der Waals surface area contributed by atoms with E-state index in [0.717, 1.165) is 0 Å². The monoisotopic (exact) mass is 315 g/mol. The van der Waals surface area contributed by atoms with Crippen molar-refractivity contribution in [2.24, 2.45) is 0 Å². The van der Waals surface area contributed by atoms with E-state index in [4.69, 9.17) is 9.84 Å². The summed E-state index contributed by atoms with van der Waals surface area (Å²) >= 11 is 1.31. The highest BCUT2D eigenvalue weighted by molar-refractivity contribution is 7.99. The van der Waals surface area contributed by atoms with Crippen LogP contribution >= 0.6 is 11.8 Å². The molecule has 0 saturated carbocycles. The molecule has 0 bridgehead atoms. The normalized spacial score (nSPS) is 14.2. The quantitative estimate of drug-likeness (QED) is 0.381. The lowest BCUT2D eigenvalue weighted by Crippen LogP contribution is -2.25. The van der Waals surface area contributed by atoms with Gasteiger partial charge in [-0.3, -0.25) is 14.4 Å². The molecule has 0 aromatic carbocycles. The Morgan fingerprint density at radius 1 is 1.33 bits per heavy atom. The highest BCUT2D eigenvalue weighted by Crippen LogP contribution is 2.26. The predicted octanol–water partition coefficient (Wildman–Crippen LogP) is 0.491. The van der Waals surface area contributed by atoms with Gasteiger partial charge in [0.05, 0.1) is 6.42 Å². The molecule has 0 atom stereocenters. The Kier molecular flexibility index (Phi) is 6.93. The fourth-order valence-electron chi connectivity index (χ4n) is 1.73. The topological polar surface area (TPSA) is 110 Å². The van der Waals surface area contributed by atoms with Gasteiger partial charge in [0.2, 0.25) is 5.91 Å². The van der Waals surface area contributed by atoms with E-state index in [1.165, 1.54) is 18.7 Å². The number of carboxylic acid groups (broad SMARTS) is 1. The third-order valence-electron chi connectivity index (χ3n) is 2.81. The van der Waals surface area contributed by atoms with Crippen molar-refractivity contribution in [2.75, 3.05) is 18.2 Å². The maximum atomic E-state index is 11.6. The van der Waals surface area contributed by atoms with E-state index in [-0.39, 0.29) is 43.3 Å². The number of carboxylic acids is 1. The molecule has 0 fully saturated rings. The summed E-state index contributed by atoms with van der Waals surface area (Å²) in [4.78, 5) is 44.4. The van der Waals surface area contributed by atoms with Gasteiger partial charge in [-0.1, -0.05) is 0 Å². The molecule has 8 heteroatoms. The number of carbonyl (C=O) groups excluding carboxylic acids is 3. The van der Waals surface area contributed by atoms with Crippen LogP contribution in [0, 0.1) is 0 Å². The standard InChI is InChI=1S/C13H17NO6S/c1-8(15)14-7-20-12(17)4-5-21-6-10-9(13(18)19)2-3-11(10)16/h2-7H2,1H3,(H,14,15)(H,18,19). The number of aliphatic carboxylic acids is 1. The van der Waals surface area contributed by atoms with E-state index in [2.05, 4.69) is 5.32 Å². The molecule has 0 saturated heterocycles. The van der Waals surface area contributed by atoms with E-state index in [9.17, 15) is 19.2 Å². The molecule has 1 rings (SSSR count). The van der Waals surface area contributed by atoms with Crippen LogP contribution in [0.2, 0.25) is 0 Å². The van der Waals surface area contributed by atoms with Crippen molar-refractivity contribution in [3.05, 3.63) is 11.1 Å². The summed E-state index contributed by atoms with van der Waals surface area (Å²) in [6.07, 6.45) is 0.660. The number of amides is 1. The molecule has 21 heavy (non-hydrogen) atoms. The Balaban J connectivity index is 2.26. The number of hydrogen-bond acceptors (Lipinski definition) is 6. The number of esters is 1. The fraction of sp³-hybridized carbons (Fsp3) is 0.538. The Labute approximate surface area is 126 Å². The van der Waals surface area contributed by atoms with Crippen LogP contribution < -0.4 is 5.32 Å². The summed E-state index contributed by atoms with van der Waals surface area (Å²) in [6.45, 7) is 1.15. The lowest BCUT2D eigenvalue weighted by atomic mass is 10.2. The van der Waals surface area contributed by atoms with E-state index >= 15 is 0 Å². The molecule has 0 unspecified atom stereocenters. The van der Waals surface area contributed by atoms with Crippen molar-refractivity contribution < 1.29 is 29.0 Å². The Morgan fingerprint density at radius 3 is 2.67 bits per heavy atom. The lowest BCUT2D eigenvalue weighted by molar-refractivity contribution is -0.144. The average molecular weight is 315 g/mol. The van der Waals surface area contributed by atoms with Gasteiger partial charge in [-0.15, -0.1) is 0 Å². The number of hydrogen-bond donors (Lipinski definition) is 2. The number of ketones is 1. The maximum Gasteiger partial charge on any atom is 0.332 e. The van der Waals surface area contributed by atoms with E-state index in [1.54, 1.807) is 0 Å². The Morgan fingerprint density at radius 2 is 2.05 bits per heavy atom. The van der Waals surface area contributed by atoms with Gasteiger partial charge < -0.3 is 15.2 Å². The molecular weight excluding hydrogens is 298 g/mol. The molecular formula is C13H17NO6S. The number of thioether (sulfide) groups is 1. The van der Waals surface area contributed by atoms with Gasteiger partial charge in [0, 0.05) is 36.0 Å². The van der Waals surface area contributed by atoms with Gasteiger partial charge in [0.25, 0.3) is 0 Å². The van der Waals surface area contributed by atoms with Crippen LogP contribution in [0.1, 0.15) is 26.2 Å². The van der Waals surface area contributed by atoms with Crippen LogP contribution in [0.3, 0.4) is 0 Å². The van der Waals surface area contributed by atoms with E-state index in [0.29, 0.717) is 17.1 Å². The minimum atomic E-state index is -1.05. The van der Waals surface area contributed by atoms with Crippen LogP contribution in [-0.4, -0.2) is 47.0 Å². The summed E-state index contributed by atoms with van der Waals surface area (Å²) in [5, 5.41) is 11.3. The molecule has 2 N–H and O–H groups in total. The molecule has 116 valence electrons. The van der Waals surface area contributed by atoms with Crippen molar-refractivity contribution in [3.8, 4) is 0 Å². The third kappa shape index (κ3) is 5.99.